The molecule has 2 fully saturated rings. The van der Waals surface area contributed by atoms with Gasteiger partial charge in [-0.3, -0.25) is 9.59 Å². The molecule has 1 aliphatic heterocycles. The second-order valence-electron chi connectivity index (χ2n) is 6.80. The van der Waals surface area contributed by atoms with Gasteiger partial charge in [-0.1, -0.05) is 6.42 Å². The average Bonchev–Trinajstić information content (AvgIpc) is 3.04. The van der Waals surface area contributed by atoms with E-state index in [-0.39, 0.29) is 17.7 Å². The van der Waals surface area contributed by atoms with E-state index in [1.165, 1.54) is 18.5 Å². The Balaban J connectivity index is 1.56. The molecule has 0 atom stereocenters. The first-order valence-electron chi connectivity index (χ1n) is 9.06. The second-order valence-corrected chi connectivity index (χ2v) is 6.80. The highest BCUT2D eigenvalue weighted by atomic mass is 16.2. The van der Waals surface area contributed by atoms with Crippen LogP contribution in [-0.2, 0) is 9.59 Å². The van der Waals surface area contributed by atoms with Gasteiger partial charge < -0.3 is 15.1 Å². The summed E-state index contributed by atoms with van der Waals surface area (Å²) in [6.07, 6.45) is 5.66. The highest BCUT2D eigenvalue weighted by Crippen LogP contribution is 2.26. The third-order valence-corrected chi connectivity index (χ3v) is 5.12. The molecule has 1 aromatic carbocycles. The monoisotopic (exact) mass is 329 g/mol. The van der Waals surface area contributed by atoms with Gasteiger partial charge in [-0.25, -0.2) is 0 Å². The van der Waals surface area contributed by atoms with Crippen LogP contribution in [0.3, 0.4) is 0 Å². The standard InChI is InChI=1S/C19H27N3O2/c1-15(23)22(14-11-20-19(24)16-5-4-6-16)18-9-7-17(8-10-18)21-12-2-3-13-21/h7-10,16H,2-6,11-14H2,1H3,(H,20,24). The lowest BCUT2D eigenvalue weighted by Gasteiger charge is -2.26. The van der Waals surface area contributed by atoms with Crippen LogP contribution in [0.4, 0.5) is 11.4 Å². The Bertz CT molecular complexity index is 575. The van der Waals surface area contributed by atoms with E-state index >= 15 is 0 Å². The molecule has 24 heavy (non-hydrogen) atoms. The van der Waals surface area contributed by atoms with E-state index < -0.39 is 0 Å². The van der Waals surface area contributed by atoms with Crippen LogP contribution in [0.5, 0.6) is 0 Å². The molecule has 2 amide bonds. The zero-order valence-electron chi connectivity index (χ0n) is 14.5. The van der Waals surface area contributed by atoms with Crippen molar-refractivity contribution in [1.29, 1.82) is 0 Å². The predicted molar refractivity (Wildman–Crippen MR) is 96.3 cm³/mol. The number of nitrogens with one attached hydrogen (secondary N) is 1. The molecule has 0 unspecified atom stereocenters. The van der Waals surface area contributed by atoms with Crippen LogP contribution in [0.1, 0.15) is 39.0 Å². The fraction of sp³-hybridized carbons (Fsp3) is 0.579. The van der Waals surface area contributed by atoms with Gasteiger partial charge in [0.25, 0.3) is 0 Å². The number of anilines is 2. The molecule has 3 rings (SSSR count). The smallest absolute Gasteiger partial charge is 0.223 e. The summed E-state index contributed by atoms with van der Waals surface area (Å²) in [5, 5.41) is 2.95. The number of hydrogen-bond acceptors (Lipinski definition) is 3. The van der Waals surface area contributed by atoms with Gasteiger partial charge in [0, 0.05) is 50.4 Å². The maximum absolute atomic E-state index is 12.0. The Labute approximate surface area is 144 Å². The van der Waals surface area contributed by atoms with E-state index in [4.69, 9.17) is 0 Å². The van der Waals surface area contributed by atoms with E-state index in [0.29, 0.717) is 13.1 Å². The zero-order chi connectivity index (χ0) is 16.9. The van der Waals surface area contributed by atoms with Gasteiger partial charge in [0.1, 0.15) is 0 Å². The Morgan fingerprint density at radius 1 is 1.12 bits per heavy atom. The van der Waals surface area contributed by atoms with Gasteiger partial charge in [0.05, 0.1) is 0 Å². The van der Waals surface area contributed by atoms with Crippen molar-refractivity contribution < 1.29 is 9.59 Å². The maximum atomic E-state index is 12.0. The minimum atomic E-state index is 0.00168. The van der Waals surface area contributed by atoms with Crippen LogP contribution in [0.15, 0.2) is 24.3 Å². The summed E-state index contributed by atoms with van der Waals surface area (Å²) in [5.41, 5.74) is 2.11. The number of nitrogens with zero attached hydrogens (tertiary/aromatic N) is 2. The molecule has 0 radical (unpaired) electrons. The molecule has 1 N–H and O–H groups in total. The summed E-state index contributed by atoms with van der Waals surface area (Å²) in [6.45, 7) is 4.81. The molecule has 1 saturated heterocycles. The minimum absolute atomic E-state index is 0.00168. The van der Waals surface area contributed by atoms with E-state index in [1.807, 2.05) is 12.1 Å². The number of rotatable bonds is 6. The maximum Gasteiger partial charge on any atom is 0.223 e. The lowest BCUT2D eigenvalue weighted by molar-refractivity contribution is -0.127. The second kappa shape index (κ2) is 7.69. The summed E-state index contributed by atoms with van der Waals surface area (Å²) in [5.74, 6) is 0.325. The quantitative estimate of drug-likeness (QED) is 0.873. The van der Waals surface area contributed by atoms with E-state index in [1.54, 1.807) is 11.8 Å². The van der Waals surface area contributed by atoms with Crippen molar-refractivity contribution >= 4 is 23.2 Å². The molecule has 1 aromatic rings. The molecule has 1 saturated carbocycles. The van der Waals surface area contributed by atoms with Crippen molar-refractivity contribution in [2.24, 2.45) is 5.92 Å². The third-order valence-electron chi connectivity index (χ3n) is 5.12. The Hall–Kier alpha value is -2.04. The van der Waals surface area contributed by atoms with Crippen LogP contribution in [0.2, 0.25) is 0 Å². The largest absolute Gasteiger partial charge is 0.372 e. The van der Waals surface area contributed by atoms with Crippen molar-refractivity contribution in [3.05, 3.63) is 24.3 Å². The molecular formula is C19H27N3O2. The van der Waals surface area contributed by atoms with Crippen molar-refractivity contribution in [1.82, 2.24) is 5.32 Å². The van der Waals surface area contributed by atoms with E-state index in [2.05, 4.69) is 22.3 Å². The number of carbonyl (C=O) groups excluding carboxylic acids is 2. The summed E-state index contributed by atoms with van der Waals surface area (Å²) in [7, 11) is 0. The fourth-order valence-corrected chi connectivity index (χ4v) is 3.39. The minimum Gasteiger partial charge on any atom is -0.372 e. The molecule has 5 nitrogen and oxygen atoms in total. The first-order valence-corrected chi connectivity index (χ1v) is 9.06. The molecule has 0 spiro atoms. The molecule has 1 aliphatic carbocycles. The molecule has 130 valence electrons. The molecule has 0 aromatic heterocycles. The summed E-state index contributed by atoms with van der Waals surface area (Å²) < 4.78 is 0. The SMILES string of the molecule is CC(=O)N(CCNC(=O)C1CCC1)c1ccc(N2CCCC2)cc1. The number of hydrogen-bond donors (Lipinski definition) is 1. The van der Waals surface area contributed by atoms with Gasteiger partial charge >= 0.3 is 0 Å². The summed E-state index contributed by atoms with van der Waals surface area (Å²) in [6, 6.07) is 8.18. The van der Waals surface area contributed by atoms with Gasteiger partial charge in [0.2, 0.25) is 11.8 Å². The van der Waals surface area contributed by atoms with Crippen LogP contribution in [0.25, 0.3) is 0 Å². The normalized spacial score (nSPS) is 17.5. The molecule has 1 heterocycles. The van der Waals surface area contributed by atoms with Gasteiger partial charge in [-0.15, -0.1) is 0 Å². The number of benzene rings is 1. The fourth-order valence-electron chi connectivity index (χ4n) is 3.39. The van der Waals surface area contributed by atoms with Crippen LogP contribution >= 0.6 is 0 Å². The van der Waals surface area contributed by atoms with Gasteiger partial charge in [0.15, 0.2) is 0 Å². The summed E-state index contributed by atoms with van der Waals surface area (Å²) >= 11 is 0. The van der Waals surface area contributed by atoms with E-state index in [0.717, 1.165) is 38.0 Å². The van der Waals surface area contributed by atoms with Crippen molar-refractivity contribution in [2.75, 3.05) is 36.0 Å². The Kier molecular flexibility index (Phi) is 5.38. The molecule has 0 bridgehead atoms. The van der Waals surface area contributed by atoms with Crippen LogP contribution in [0, 0.1) is 5.92 Å². The Morgan fingerprint density at radius 3 is 2.33 bits per heavy atom. The highest BCUT2D eigenvalue weighted by molar-refractivity contribution is 5.91. The predicted octanol–water partition coefficient (Wildman–Crippen LogP) is 2.56. The zero-order valence-corrected chi connectivity index (χ0v) is 14.5. The van der Waals surface area contributed by atoms with Crippen molar-refractivity contribution in [3.8, 4) is 0 Å². The Morgan fingerprint density at radius 2 is 1.79 bits per heavy atom. The van der Waals surface area contributed by atoms with Gasteiger partial charge in [-0.05, 0) is 49.9 Å². The highest BCUT2D eigenvalue weighted by Gasteiger charge is 2.25. The summed E-state index contributed by atoms with van der Waals surface area (Å²) in [4.78, 5) is 28.0. The number of amides is 2. The average molecular weight is 329 g/mol. The van der Waals surface area contributed by atoms with Crippen LogP contribution < -0.4 is 15.1 Å². The molecular weight excluding hydrogens is 302 g/mol. The van der Waals surface area contributed by atoms with E-state index in [9.17, 15) is 9.59 Å². The van der Waals surface area contributed by atoms with Crippen LogP contribution in [-0.4, -0.2) is 38.0 Å². The first kappa shape index (κ1) is 16.8. The lowest BCUT2D eigenvalue weighted by atomic mass is 9.85. The van der Waals surface area contributed by atoms with Crippen molar-refractivity contribution in [3.63, 3.8) is 0 Å². The topological polar surface area (TPSA) is 52.7 Å². The number of carbonyl (C=O) groups is 2. The van der Waals surface area contributed by atoms with Crippen molar-refractivity contribution in [2.45, 2.75) is 39.0 Å². The lowest BCUT2D eigenvalue weighted by Crippen LogP contribution is -2.41. The molecule has 5 heteroatoms. The van der Waals surface area contributed by atoms with Gasteiger partial charge in [-0.2, -0.15) is 0 Å². The third kappa shape index (κ3) is 3.89. The first-order chi connectivity index (χ1) is 11.6. The molecule has 2 aliphatic rings.